The maximum absolute atomic E-state index is 12.3. The lowest BCUT2D eigenvalue weighted by molar-refractivity contribution is -0.116. The van der Waals surface area contributed by atoms with Crippen molar-refractivity contribution in [3.8, 4) is 6.07 Å². The summed E-state index contributed by atoms with van der Waals surface area (Å²) in [6.07, 6.45) is 5.45. The number of nitrogens with zero attached hydrogens (tertiary/aromatic N) is 1. The normalized spacial score (nSPS) is 14.0. The van der Waals surface area contributed by atoms with Crippen LogP contribution in [0.1, 0.15) is 48.1 Å². The Morgan fingerprint density at radius 2 is 1.89 bits per heavy atom. The molecule has 8 heteroatoms. The van der Waals surface area contributed by atoms with Gasteiger partial charge in [-0.25, -0.2) is 8.42 Å². The topological polar surface area (TPSA) is 87.0 Å². The molecule has 3 rings (SSSR count). The van der Waals surface area contributed by atoms with Gasteiger partial charge in [0.2, 0.25) is 5.91 Å². The number of amides is 1. The number of carbonyl (C=O) groups is 1. The summed E-state index contributed by atoms with van der Waals surface area (Å²) < 4.78 is 24.7. The van der Waals surface area contributed by atoms with E-state index >= 15 is 0 Å². The average Bonchev–Trinajstić information content (AvgIpc) is 2.81. The van der Waals surface area contributed by atoms with Crippen molar-refractivity contribution in [1.82, 2.24) is 0 Å². The first-order valence-corrected chi connectivity index (χ1v) is 12.1. The Morgan fingerprint density at radius 1 is 1.18 bits per heavy atom. The molecule has 0 saturated heterocycles. The van der Waals surface area contributed by atoms with E-state index in [9.17, 15) is 18.5 Å². The third kappa shape index (κ3) is 4.93. The summed E-state index contributed by atoms with van der Waals surface area (Å²) >= 11 is 7.27. The first kappa shape index (κ1) is 20.8. The fourth-order valence-electron chi connectivity index (χ4n) is 3.32. The number of benzene rings is 1. The number of rotatable bonds is 6. The number of anilines is 1. The Balaban J connectivity index is 1.59. The van der Waals surface area contributed by atoms with Crippen LogP contribution in [-0.2, 0) is 27.5 Å². The highest BCUT2D eigenvalue weighted by Crippen LogP contribution is 2.37. The number of halogens is 1. The van der Waals surface area contributed by atoms with Gasteiger partial charge in [-0.2, -0.15) is 5.26 Å². The summed E-state index contributed by atoms with van der Waals surface area (Å²) in [6, 6.07) is 8.23. The predicted octanol–water partition coefficient (Wildman–Crippen LogP) is 4.73. The zero-order valence-electron chi connectivity index (χ0n) is 15.3. The summed E-state index contributed by atoms with van der Waals surface area (Å²) in [4.78, 5) is 13.7. The number of hydrogen-bond donors (Lipinski definition) is 1. The first-order valence-electron chi connectivity index (χ1n) is 9.23. The molecule has 0 saturated carbocycles. The van der Waals surface area contributed by atoms with Crippen LogP contribution in [0.25, 0.3) is 0 Å². The molecule has 0 atom stereocenters. The predicted molar refractivity (Wildman–Crippen MR) is 112 cm³/mol. The molecule has 2 aromatic rings. The number of aryl methyl sites for hydroxylation is 1. The van der Waals surface area contributed by atoms with E-state index < -0.39 is 9.84 Å². The number of thiophene rings is 1. The van der Waals surface area contributed by atoms with Crippen molar-refractivity contribution in [2.45, 2.75) is 49.8 Å². The molecule has 0 aliphatic heterocycles. The van der Waals surface area contributed by atoms with Gasteiger partial charge in [-0.1, -0.05) is 18.0 Å². The highest BCUT2D eigenvalue weighted by Gasteiger charge is 2.21. The number of nitrogens with one attached hydrogen (secondary N) is 1. The molecule has 1 aliphatic carbocycles. The molecule has 148 valence electrons. The maximum atomic E-state index is 12.3. The smallest absolute Gasteiger partial charge is 0.225 e. The second kappa shape index (κ2) is 9.08. The number of nitriles is 1. The van der Waals surface area contributed by atoms with Crippen LogP contribution in [0, 0.1) is 11.3 Å². The molecule has 0 radical (unpaired) electrons. The first-order chi connectivity index (χ1) is 13.4. The Hall–Kier alpha value is -1.88. The molecule has 1 aromatic carbocycles. The van der Waals surface area contributed by atoms with Crippen molar-refractivity contribution in [2.24, 2.45) is 0 Å². The van der Waals surface area contributed by atoms with Crippen LogP contribution in [0.3, 0.4) is 0 Å². The van der Waals surface area contributed by atoms with Crippen LogP contribution < -0.4 is 5.32 Å². The van der Waals surface area contributed by atoms with E-state index in [0.717, 1.165) is 37.7 Å². The van der Waals surface area contributed by atoms with Gasteiger partial charge in [-0.05, 0) is 61.9 Å². The monoisotopic (exact) mass is 436 g/mol. The second-order valence-corrected chi connectivity index (χ2v) is 10.5. The Labute approximate surface area is 174 Å². The summed E-state index contributed by atoms with van der Waals surface area (Å²) in [7, 11) is -3.45. The molecule has 1 N–H and O–H groups in total. The molecular formula is C20H21ClN2O3S2. The van der Waals surface area contributed by atoms with Gasteiger partial charge in [0.15, 0.2) is 9.84 Å². The van der Waals surface area contributed by atoms with Crippen LogP contribution >= 0.6 is 22.9 Å². The third-order valence-corrected chi connectivity index (χ3v) is 8.05. The zero-order valence-corrected chi connectivity index (χ0v) is 17.7. The Morgan fingerprint density at radius 3 is 2.61 bits per heavy atom. The van der Waals surface area contributed by atoms with Crippen molar-refractivity contribution in [1.29, 1.82) is 5.26 Å². The summed E-state index contributed by atoms with van der Waals surface area (Å²) in [5.74, 6) is -0.382. The van der Waals surface area contributed by atoms with Gasteiger partial charge in [0.05, 0.1) is 16.2 Å². The van der Waals surface area contributed by atoms with Gasteiger partial charge in [-0.15, -0.1) is 11.3 Å². The van der Waals surface area contributed by atoms with E-state index in [-0.39, 0.29) is 29.4 Å². The highest BCUT2D eigenvalue weighted by atomic mass is 35.5. The van der Waals surface area contributed by atoms with Gasteiger partial charge in [0.1, 0.15) is 11.1 Å². The molecule has 1 aromatic heterocycles. The largest absolute Gasteiger partial charge is 0.317 e. The molecular weight excluding hydrogens is 416 g/mol. The van der Waals surface area contributed by atoms with Gasteiger partial charge in [0.25, 0.3) is 0 Å². The number of hydrogen-bond acceptors (Lipinski definition) is 5. The van der Waals surface area contributed by atoms with E-state index in [0.29, 0.717) is 15.6 Å². The van der Waals surface area contributed by atoms with Crippen molar-refractivity contribution in [3.63, 3.8) is 0 Å². The fraction of sp³-hybridized carbons (Fsp3) is 0.400. The summed E-state index contributed by atoms with van der Waals surface area (Å²) in [6.45, 7) is 0. The lowest BCUT2D eigenvalue weighted by Gasteiger charge is -2.06. The van der Waals surface area contributed by atoms with Gasteiger partial charge < -0.3 is 5.32 Å². The second-order valence-electron chi connectivity index (χ2n) is 6.80. The quantitative estimate of drug-likeness (QED) is 0.663. The third-order valence-electron chi connectivity index (χ3n) is 4.78. The van der Waals surface area contributed by atoms with E-state index in [4.69, 9.17) is 11.6 Å². The molecule has 0 bridgehead atoms. The van der Waals surface area contributed by atoms with Crippen molar-refractivity contribution < 1.29 is 13.2 Å². The van der Waals surface area contributed by atoms with Gasteiger partial charge >= 0.3 is 0 Å². The van der Waals surface area contributed by atoms with E-state index in [1.807, 2.05) is 0 Å². The van der Waals surface area contributed by atoms with Crippen molar-refractivity contribution >= 4 is 43.7 Å². The maximum Gasteiger partial charge on any atom is 0.225 e. The van der Waals surface area contributed by atoms with Crippen LogP contribution in [0.4, 0.5) is 5.00 Å². The SMILES string of the molecule is N#Cc1c(NC(=O)CCCS(=O)(=O)c2ccc(Cl)cc2)sc2c1CCCCC2. The van der Waals surface area contributed by atoms with Crippen molar-refractivity contribution in [3.05, 3.63) is 45.3 Å². The Bertz CT molecular complexity index is 1010. The van der Waals surface area contributed by atoms with E-state index in [2.05, 4.69) is 11.4 Å². The van der Waals surface area contributed by atoms with Gasteiger partial charge in [0, 0.05) is 16.3 Å². The van der Waals surface area contributed by atoms with Gasteiger partial charge in [-0.3, -0.25) is 4.79 Å². The van der Waals surface area contributed by atoms with E-state index in [1.54, 1.807) is 0 Å². The lowest BCUT2D eigenvalue weighted by Crippen LogP contribution is -2.14. The fourth-order valence-corrected chi connectivity index (χ4v) is 6.01. The molecule has 1 aliphatic rings. The molecule has 1 amide bonds. The minimum atomic E-state index is -3.45. The summed E-state index contributed by atoms with van der Waals surface area (Å²) in [5.41, 5.74) is 1.65. The molecule has 0 unspecified atom stereocenters. The highest BCUT2D eigenvalue weighted by molar-refractivity contribution is 7.91. The lowest BCUT2D eigenvalue weighted by atomic mass is 10.1. The molecule has 28 heavy (non-hydrogen) atoms. The zero-order chi connectivity index (χ0) is 20.1. The van der Waals surface area contributed by atoms with Crippen LogP contribution in [0.2, 0.25) is 5.02 Å². The number of sulfone groups is 1. The van der Waals surface area contributed by atoms with Crippen LogP contribution in [-0.4, -0.2) is 20.1 Å². The minimum absolute atomic E-state index is 0.0836. The number of carbonyl (C=O) groups excluding carboxylic acids is 1. The van der Waals surface area contributed by atoms with Crippen LogP contribution in [0.5, 0.6) is 0 Å². The average molecular weight is 437 g/mol. The molecule has 5 nitrogen and oxygen atoms in total. The molecule has 0 fully saturated rings. The Kier molecular flexibility index (Phi) is 6.76. The standard InChI is InChI=1S/C20H21ClN2O3S2/c21-14-8-10-15(11-9-14)28(25,26)12-4-7-19(24)23-20-17(13-22)16-5-2-1-3-6-18(16)27-20/h8-11H,1-7,12H2,(H,23,24). The molecule has 0 spiro atoms. The summed E-state index contributed by atoms with van der Waals surface area (Å²) in [5, 5.41) is 13.4. The minimum Gasteiger partial charge on any atom is -0.317 e. The van der Waals surface area contributed by atoms with E-state index in [1.165, 1.54) is 40.5 Å². The van der Waals surface area contributed by atoms with Crippen molar-refractivity contribution in [2.75, 3.05) is 11.1 Å². The number of fused-ring (bicyclic) bond motifs is 1. The van der Waals surface area contributed by atoms with Crippen LogP contribution in [0.15, 0.2) is 29.2 Å². The molecule has 1 heterocycles.